The zero-order valence-corrected chi connectivity index (χ0v) is 10.8. The molecule has 0 aliphatic heterocycles. The molecular formula is C12H15N3O5. The molecule has 0 fully saturated rings. The lowest BCUT2D eigenvalue weighted by molar-refractivity contribution is -0.123. The minimum absolute atomic E-state index is 0.0794. The molecule has 8 nitrogen and oxygen atoms in total. The fourth-order valence-electron chi connectivity index (χ4n) is 1.39. The molecule has 0 saturated carbocycles. The number of aromatic carboxylic acids is 1. The van der Waals surface area contributed by atoms with Gasteiger partial charge in [-0.25, -0.2) is 4.79 Å². The lowest BCUT2D eigenvalue weighted by atomic mass is 10.1. The summed E-state index contributed by atoms with van der Waals surface area (Å²) < 4.78 is 4.96. The van der Waals surface area contributed by atoms with Crippen LogP contribution in [0.3, 0.4) is 0 Å². The van der Waals surface area contributed by atoms with Crippen LogP contribution in [-0.2, 0) is 9.59 Å². The third-order valence-electron chi connectivity index (χ3n) is 2.36. The molecule has 0 saturated heterocycles. The van der Waals surface area contributed by atoms with Gasteiger partial charge in [0.25, 0.3) is 0 Å². The molecule has 8 heteroatoms. The second-order valence-electron chi connectivity index (χ2n) is 3.75. The van der Waals surface area contributed by atoms with Crippen LogP contribution in [-0.4, -0.2) is 43.1 Å². The van der Waals surface area contributed by atoms with E-state index in [1.165, 1.54) is 25.3 Å². The molecule has 1 aromatic rings. The van der Waals surface area contributed by atoms with Gasteiger partial charge in [-0.2, -0.15) is 0 Å². The van der Waals surface area contributed by atoms with Crippen molar-refractivity contribution in [2.45, 2.75) is 0 Å². The Morgan fingerprint density at radius 1 is 1.30 bits per heavy atom. The van der Waals surface area contributed by atoms with Crippen molar-refractivity contribution in [1.82, 2.24) is 5.32 Å². The molecule has 20 heavy (non-hydrogen) atoms. The molecule has 5 N–H and O–H groups in total. The van der Waals surface area contributed by atoms with E-state index in [-0.39, 0.29) is 24.3 Å². The first kappa shape index (κ1) is 15.4. The van der Waals surface area contributed by atoms with Crippen LogP contribution in [0.5, 0.6) is 5.75 Å². The van der Waals surface area contributed by atoms with Gasteiger partial charge in [-0.1, -0.05) is 0 Å². The number of anilines is 1. The van der Waals surface area contributed by atoms with Crippen LogP contribution >= 0.6 is 0 Å². The summed E-state index contributed by atoms with van der Waals surface area (Å²) in [6, 6.07) is 4.16. The van der Waals surface area contributed by atoms with Gasteiger partial charge in [0.2, 0.25) is 11.8 Å². The molecule has 1 rings (SSSR count). The van der Waals surface area contributed by atoms with E-state index in [1.807, 2.05) is 0 Å². The van der Waals surface area contributed by atoms with Crippen molar-refractivity contribution in [2.75, 3.05) is 25.5 Å². The number of amides is 2. The van der Waals surface area contributed by atoms with Gasteiger partial charge >= 0.3 is 5.97 Å². The van der Waals surface area contributed by atoms with E-state index in [0.29, 0.717) is 5.75 Å². The zero-order valence-electron chi connectivity index (χ0n) is 10.8. The highest BCUT2D eigenvalue weighted by Gasteiger charge is 2.14. The van der Waals surface area contributed by atoms with E-state index in [2.05, 4.69) is 10.6 Å². The Morgan fingerprint density at radius 2 is 2.00 bits per heavy atom. The SMILES string of the molecule is COc1ccc(C(=O)O)c(NC(=O)CNC(=O)CN)c1. The number of rotatable bonds is 6. The van der Waals surface area contributed by atoms with Crippen molar-refractivity contribution in [3.8, 4) is 5.75 Å². The molecule has 0 aliphatic carbocycles. The molecule has 0 bridgehead atoms. The summed E-state index contributed by atoms with van der Waals surface area (Å²) in [5, 5.41) is 13.7. The van der Waals surface area contributed by atoms with Gasteiger partial charge in [-0.3, -0.25) is 9.59 Å². The quantitative estimate of drug-likeness (QED) is 0.551. The van der Waals surface area contributed by atoms with Crippen LogP contribution in [0.25, 0.3) is 0 Å². The molecule has 0 radical (unpaired) electrons. The standard InChI is InChI=1S/C12H15N3O5/c1-20-7-2-3-8(12(18)19)9(4-7)15-11(17)6-14-10(16)5-13/h2-4H,5-6,13H2,1H3,(H,14,16)(H,15,17)(H,18,19). The number of ether oxygens (including phenoxy) is 1. The molecule has 0 unspecified atom stereocenters. The van der Waals surface area contributed by atoms with Gasteiger partial charge in [0.15, 0.2) is 0 Å². The number of nitrogens with one attached hydrogen (secondary N) is 2. The molecule has 0 spiro atoms. The van der Waals surface area contributed by atoms with Crippen molar-refractivity contribution < 1.29 is 24.2 Å². The molecule has 0 aliphatic rings. The van der Waals surface area contributed by atoms with E-state index in [4.69, 9.17) is 15.6 Å². The number of methoxy groups -OCH3 is 1. The second-order valence-corrected chi connectivity index (χ2v) is 3.75. The molecule has 0 atom stereocenters. The van der Waals surface area contributed by atoms with Gasteiger partial charge in [-0.05, 0) is 12.1 Å². The van der Waals surface area contributed by atoms with Crippen molar-refractivity contribution in [2.24, 2.45) is 5.73 Å². The molecule has 2 amide bonds. The number of carboxylic acids is 1. The smallest absolute Gasteiger partial charge is 0.337 e. The Balaban J connectivity index is 2.81. The Labute approximate surface area is 114 Å². The van der Waals surface area contributed by atoms with Crippen molar-refractivity contribution in [1.29, 1.82) is 0 Å². The Bertz CT molecular complexity index is 530. The summed E-state index contributed by atoms with van der Waals surface area (Å²) in [6.45, 7) is -0.529. The third kappa shape index (κ3) is 4.25. The Hall–Kier alpha value is -2.61. The maximum atomic E-state index is 11.6. The highest BCUT2D eigenvalue weighted by atomic mass is 16.5. The summed E-state index contributed by atoms with van der Waals surface area (Å²) in [7, 11) is 1.42. The third-order valence-corrected chi connectivity index (χ3v) is 2.36. The molecule has 0 aromatic heterocycles. The van der Waals surface area contributed by atoms with Crippen LogP contribution in [0.1, 0.15) is 10.4 Å². The fourth-order valence-corrected chi connectivity index (χ4v) is 1.39. The van der Waals surface area contributed by atoms with Crippen molar-refractivity contribution in [3.05, 3.63) is 23.8 Å². The maximum absolute atomic E-state index is 11.6. The lowest BCUT2D eigenvalue weighted by Crippen LogP contribution is -2.36. The number of carboxylic acid groups (broad SMARTS) is 1. The van der Waals surface area contributed by atoms with Gasteiger partial charge in [0.05, 0.1) is 31.5 Å². The van der Waals surface area contributed by atoms with Gasteiger partial charge < -0.3 is 26.2 Å². The number of hydrogen-bond donors (Lipinski definition) is 4. The Kier molecular flexibility index (Phi) is 5.48. The molecule has 1 aromatic carbocycles. The normalized spacial score (nSPS) is 9.70. The minimum Gasteiger partial charge on any atom is -0.497 e. The highest BCUT2D eigenvalue weighted by molar-refractivity contribution is 6.02. The number of hydrogen-bond acceptors (Lipinski definition) is 5. The highest BCUT2D eigenvalue weighted by Crippen LogP contribution is 2.22. The monoisotopic (exact) mass is 281 g/mol. The van der Waals surface area contributed by atoms with Gasteiger partial charge in [-0.15, -0.1) is 0 Å². The van der Waals surface area contributed by atoms with Crippen LogP contribution in [0.4, 0.5) is 5.69 Å². The zero-order chi connectivity index (χ0) is 15.1. The molecule has 108 valence electrons. The van der Waals surface area contributed by atoms with Crippen molar-refractivity contribution >= 4 is 23.5 Å². The number of carbonyl (C=O) groups is 3. The fraction of sp³-hybridized carbons (Fsp3) is 0.250. The van der Waals surface area contributed by atoms with E-state index >= 15 is 0 Å². The lowest BCUT2D eigenvalue weighted by Gasteiger charge is -2.10. The molecular weight excluding hydrogens is 266 g/mol. The Morgan fingerprint density at radius 3 is 2.55 bits per heavy atom. The van der Waals surface area contributed by atoms with Crippen LogP contribution in [0.2, 0.25) is 0 Å². The predicted molar refractivity (Wildman–Crippen MR) is 70.6 cm³/mol. The second kappa shape index (κ2) is 7.10. The summed E-state index contributed by atoms with van der Waals surface area (Å²) in [4.78, 5) is 33.6. The molecule has 0 heterocycles. The summed E-state index contributed by atoms with van der Waals surface area (Å²) in [5.41, 5.74) is 5.08. The number of nitrogens with two attached hydrogens (primary N) is 1. The van der Waals surface area contributed by atoms with Crippen LogP contribution < -0.4 is 21.1 Å². The average molecular weight is 281 g/mol. The minimum atomic E-state index is -1.19. The average Bonchev–Trinajstić information content (AvgIpc) is 2.44. The van der Waals surface area contributed by atoms with Crippen molar-refractivity contribution in [3.63, 3.8) is 0 Å². The maximum Gasteiger partial charge on any atom is 0.337 e. The first-order valence-electron chi connectivity index (χ1n) is 5.66. The van der Waals surface area contributed by atoms with Crippen LogP contribution in [0.15, 0.2) is 18.2 Å². The summed E-state index contributed by atoms with van der Waals surface area (Å²) in [6.07, 6.45) is 0. The van der Waals surface area contributed by atoms with E-state index in [1.54, 1.807) is 0 Å². The van der Waals surface area contributed by atoms with Gasteiger partial charge in [0, 0.05) is 6.07 Å². The van der Waals surface area contributed by atoms with E-state index in [9.17, 15) is 14.4 Å². The summed E-state index contributed by atoms with van der Waals surface area (Å²) in [5.74, 6) is -1.84. The summed E-state index contributed by atoms with van der Waals surface area (Å²) >= 11 is 0. The first-order chi connectivity index (χ1) is 9.47. The van der Waals surface area contributed by atoms with Crippen LogP contribution in [0, 0.1) is 0 Å². The van der Waals surface area contributed by atoms with E-state index < -0.39 is 17.8 Å². The first-order valence-corrected chi connectivity index (χ1v) is 5.66. The van der Waals surface area contributed by atoms with Gasteiger partial charge in [0.1, 0.15) is 5.75 Å². The number of carbonyl (C=O) groups excluding carboxylic acids is 2. The predicted octanol–water partition coefficient (Wildman–Crippen LogP) is -0.593. The van der Waals surface area contributed by atoms with E-state index in [0.717, 1.165) is 0 Å². The number of benzene rings is 1. The largest absolute Gasteiger partial charge is 0.497 e. The topological polar surface area (TPSA) is 131 Å².